The first-order valence-corrected chi connectivity index (χ1v) is 20.9. The average Bonchev–Trinajstić information content (AvgIpc) is 4.01. The standard InChI is InChI=1S/C22H32N4O6.C12H16N4O2.C7H8.C2H6/c1-14-20(29)26-12-5-8-17(26)22(31)32-13-9-18(27)24-11-4-7-16(24)21(30)25-10-3-2-6-15(25)19(28)23-14;1-16-5-4-8-6-9(2-3-10(8)16)15-12(18)14-7-11(13)17;1-7-5-3-2-4-6-7;1-2/h14-17H,2-13H2,1H3,(H,23,28);2-3,6H,4-5,7H2,1H3,(H2,13,17)(H2,14,15,18);2-6H,1H3;1-2H3. The second-order valence-electron chi connectivity index (χ2n) is 15.1. The van der Waals surface area contributed by atoms with Gasteiger partial charge in [0.1, 0.15) is 30.8 Å². The number of carbonyl (C=O) groups is 7. The number of hydrogen-bond donors (Lipinski definition) is 4. The number of anilines is 2. The number of amides is 7. The third-order valence-corrected chi connectivity index (χ3v) is 10.9. The van der Waals surface area contributed by atoms with Gasteiger partial charge in [-0.15, -0.1) is 0 Å². The second-order valence-corrected chi connectivity index (χ2v) is 15.1. The van der Waals surface area contributed by atoms with Gasteiger partial charge in [0.2, 0.25) is 29.5 Å². The van der Waals surface area contributed by atoms with Crippen molar-refractivity contribution in [1.82, 2.24) is 25.3 Å². The minimum atomic E-state index is -0.813. The summed E-state index contributed by atoms with van der Waals surface area (Å²) in [6.07, 6.45) is 5.56. The Hall–Kier alpha value is -5.67. The van der Waals surface area contributed by atoms with E-state index in [1.54, 1.807) is 16.7 Å². The number of benzene rings is 2. The Labute approximate surface area is 347 Å². The van der Waals surface area contributed by atoms with Crippen molar-refractivity contribution in [2.75, 3.05) is 56.6 Å². The van der Waals surface area contributed by atoms with E-state index in [1.807, 2.05) is 57.3 Å². The van der Waals surface area contributed by atoms with Gasteiger partial charge in [-0.1, -0.05) is 49.7 Å². The largest absolute Gasteiger partial charge is 0.464 e. The van der Waals surface area contributed by atoms with Gasteiger partial charge in [-0.3, -0.25) is 24.0 Å². The fourth-order valence-corrected chi connectivity index (χ4v) is 7.88. The summed E-state index contributed by atoms with van der Waals surface area (Å²) < 4.78 is 5.33. The molecule has 4 saturated heterocycles. The lowest BCUT2D eigenvalue weighted by Gasteiger charge is -2.38. The van der Waals surface area contributed by atoms with Gasteiger partial charge < -0.3 is 46.0 Å². The van der Waals surface area contributed by atoms with E-state index in [9.17, 15) is 33.6 Å². The van der Waals surface area contributed by atoms with Gasteiger partial charge in [-0.2, -0.15) is 0 Å². The molecule has 16 nitrogen and oxygen atoms in total. The lowest BCUT2D eigenvalue weighted by molar-refractivity contribution is -0.156. The topological polar surface area (TPSA) is 204 Å². The SMILES string of the molecule is CC.CC1NC(=O)C2CCCCN2C(=O)C2CCCN2C(=O)CCOC(=O)C2CCCN2C1=O.CN1CCc2cc(NC(=O)NCC(N)=O)ccc21.Cc1ccccc1. The number of nitrogens with two attached hydrogens (primary N) is 1. The quantitative estimate of drug-likeness (QED) is 0.336. The molecule has 7 rings (SSSR count). The van der Waals surface area contributed by atoms with Crippen LogP contribution in [0.5, 0.6) is 0 Å². The van der Waals surface area contributed by atoms with Crippen LogP contribution < -0.4 is 26.6 Å². The van der Waals surface area contributed by atoms with E-state index in [0.29, 0.717) is 51.0 Å². The molecule has 5 aliphatic rings. The van der Waals surface area contributed by atoms with Crippen molar-refractivity contribution in [3.8, 4) is 0 Å². The number of esters is 1. The van der Waals surface area contributed by atoms with Crippen LogP contribution in [0.3, 0.4) is 0 Å². The van der Waals surface area contributed by atoms with Gasteiger partial charge in [-0.25, -0.2) is 9.59 Å². The van der Waals surface area contributed by atoms with Crippen molar-refractivity contribution in [2.45, 2.75) is 110 Å². The average molecular weight is 819 g/mol. The molecule has 4 atom stereocenters. The molecule has 16 heteroatoms. The summed E-state index contributed by atoms with van der Waals surface area (Å²) in [6, 6.07) is 12.8. The summed E-state index contributed by atoms with van der Waals surface area (Å²) in [7, 11) is 2.04. The first-order valence-electron chi connectivity index (χ1n) is 20.9. The molecular formula is C43H62N8O8. The molecule has 4 fully saturated rings. The van der Waals surface area contributed by atoms with Crippen LogP contribution in [-0.2, 0) is 39.9 Å². The van der Waals surface area contributed by atoms with E-state index in [0.717, 1.165) is 32.2 Å². The molecule has 5 N–H and O–H groups in total. The number of urea groups is 1. The molecule has 4 unspecified atom stereocenters. The molecule has 2 aromatic rings. The van der Waals surface area contributed by atoms with Crippen molar-refractivity contribution in [3.05, 3.63) is 59.7 Å². The number of likely N-dealkylation sites (N-methyl/N-ethyl adjacent to an activating group) is 1. The Bertz CT molecular complexity index is 1790. The van der Waals surface area contributed by atoms with Crippen molar-refractivity contribution in [3.63, 3.8) is 0 Å². The van der Waals surface area contributed by atoms with Crippen LogP contribution in [0, 0.1) is 6.92 Å². The molecule has 0 radical (unpaired) electrons. The summed E-state index contributed by atoms with van der Waals surface area (Å²) in [4.78, 5) is 93.6. The zero-order chi connectivity index (χ0) is 43.1. The number of aryl methyl sites for hydroxylation is 1. The minimum Gasteiger partial charge on any atom is -0.464 e. The van der Waals surface area contributed by atoms with Crippen LogP contribution in [-0.4, -0.2) is 127 Å². The van der Waals surface area contributed by atoms with Crippen molar-refractivity contribution in [2.24, 2.45) is 5.73 Å². The van der Waals surface area contributed by atoms with Crippen molar-refractivity contribution >= 4 is 52.9 Å². The molecular weight excluding hydrogens is 757 g/mol. The molecule has 5 aliphatic heterocycles. The molecule has 0 saturated carbocycles. The maximum absolute atomic E-state index is 13.4. The number of rotatable bonds is 3. The number of carbonyl (C=O) groups excluding carboxylic acids is 7. The van der Waals surface area contributed by atoms with Crippen LogP contribution in [0.1, 0.15) is 83.3 Å². The molecule has 59 heavy (non-hydrogen) atoms. The maximum atomic E-state index is 13.4. The zero-order valence-corrected chi connectivity index (χ0v) is 35.2. The highest BCUT2D eigenvalue weighted by Gasteiger charge is 2.43. The predicted molar refractivity (Wildman–Crippen MR) is 224 cm³/mol. The van der Waals surface area contributed by atoms with E-state index in [-0.39, 0.29) is 43.2 Å². The Kier molecular flexibility index (Phi) is 17.5. The zero-order valence-electron chi connectivity index (χ0n) is 35.2. The first-order chi connectivity index (χ1) is 28.3. The summed E-state index contributed by atoms with van der Waals surface area (Å²) in [5, 5.41) is 7.81. The summed E-state index contributed by atoms with van der Waals surface area (Å²) in [6.45, 7) is 9.80. The third kappa shape index (κ3) is 12.7. The van der Waals surface area contributed by atoms with Gasteiger partial charge in [0.05, 0.1) is 13.0 Å². The lowest BCUT2D eigenvalue weighted by atomic mass is 9.99. The number of fused-ring (bicyclic) bond motifs is 4. The number of primary amides is 1. The van der Waals surface area contributed by atoms with Crippen LogP contribution >= 0.6 is 0 Å². The number of cyclic esters (lactones) is 1. The van der Waals surface area contributed by atoms with Gasteiger partial charge in [-0.05, 0) is 89.0 Å². The second kappa shape index (κ2) is 22.5. The number of nitrogens with zero attached hydrogens (tertiary/aromatic N) is 4. The van der Waals surface area contributed by atoms with E-state index in [2.05, 4.69) is 39.9 Å². The Morgan fingerprint density at radius 3 is 2.12 bits per heavy atom. The van der Waals surface area contributed by atoms with Crippen LogP contribution in [0.25, 0.3) is 0 Å². The Morgan fingerprint density at radius 1 is 0.797 bits per heavy atom. The van der Waals surface area contributed by atoms with E-state index in [1.165, 1.54) is 21.7 Å². The molecule has 0 spiro atoms. The van der Waals surface area contributed by atoms with Crippen molar-refractivity contribution in [1.29, 1.82) is 0 Å². The van der Waals surface area contributed by atoms with Gasteiger partial charge in [0.25, 0.3) is 0 Å². The summed E-state index contributed by atoms with van der Waals surface area (Å²) in [5.41, 5.74) is 9.38. The van der Waals surface area contributed by atoms with Gasteiger partial charge in [0.15, 0.2) is 0 Å². The fourth-order valence-electron chi connectivity index (χ4n) is 7.88. The highest BCUT2D eigenvalue weighted by atomic mass is 16.5. The summed E-state index contributed by atoms with van der Waals surface area (Å²) >= 11 is 0. The number of ether oxygens (including phenoxy) is 1. The molecule has 5 heterocycles. The van der Waals surface area contributed by atoms with Gasteiger partial charge in [0, 0.05) is 44.6 Å². The maximum Gasteiger partial charge on any atom is 0.328 e. The highest BCUT2D eigenvalue weighted by Crippen LogP contribution is 2.29. The lowest BCUT2D eigenvalue weighted by Crippen LogP contribution is -2.59. The number of nitrogens with one attached hydrogen (secondary N) is 3. The van der Waals surface area contributed by atoms with Crippen LogP contribution in [0.4, 0.5) is 16.2 Å². The summed E-state index contributed by atoms with van der Waals surface area (Å²) in [5.74, 6) is -2.23. The molecule has 7 amide bonds. The van der Waals surface area contributed by atoms with Crippen LogP contribution in [0.2, 0.25) is 0 Å². The fraction of sp³-hybridized carbons (Fsp3) is 0.558. The van der Waals surface area contributed by atoms with Crippen molar-refractivity contribution < 1.29 is 38.3 Å². The Morgan fingerprint density at radius 2 is 1.44 bits per heavy atom. The molecule has 0 bridgehead atoms. The van der Waals surface area contributed by atoms with E-state index >= 15 is 0 Å². The van der Waals surface area contributed by atoms with Crippen LogP contribution in [0.15, 0.2) is 48.5 Å². The minimum absolute atomic E-state index is 0.00347. The first kappa shape index (κ1) is 46.0. The normalized spacial score (nSPS) is 23.0. The Balaban J connectivity index is 0.000000237. The molecule has 322 valence electrons. The number of hydrogen-bond acceptors (Lipinski definition) is 9. The van der Waals surface area contributed by atoms with Gasteiger partial charge >= 0.3 is 12.0 Å². The highest BCUT2D eigenvalue weighted by molar-refractivity contribution is 5.96. The smallest absolute Gasteiger partial charge is 0.328 e. The molecule has 0 aliphatic carbocycles. The molecule has 0 aromatic heterocycles. The molecule has 2 aromatic carbocycles. The predicted octanol–water partition coefficient (Wildman–Crippen LogP) is 3.11. The van der Waals surface area contributed by atoms with E-state index < -0.39 is 42.1 Å². The number of piperidine rings is 1. The monoisotopic (exact) mass is 818 g/mol. The van der Waals surface area contributed by atoms with E-state index in [4.69, 9.17) is 10.5 Å². The third-order valence-electron chi connectivity index (χ3n) is 10.9.